The van der Waals surface area contributed by atoms with Crippen LogP contribution in [0.15, 0.2) is 22.7 Å². The van der Waals surface area contributed by atoms with E-state index in [0.29, 0.717) is 5.41 Å². The van der Waals surface area contributed by atoms with Crippen molar-refractivity contribution in [1.29, 1.82) is 0 Å². The second-order valence-electron chi connectivity index (χ2n) is 4.27. The number of halogens is 2. The van der Waals surface area contributed by atoms with Gasteiger partial charge in [-0.2, -0.15) is 0 Å². The monoisotopic (exact) mass is 332 g/mol. The first-order valence-electron chi connectivity index (χ1n) is 5.07. The molecule has 82 valence electrons. The van der Waals surface area contributed by atoms with Crippen molar-refractivity contribution in [2.75, 3.05) is 12.4 Å². The van der Waals surface area contributed by atoms with Gasteiger partial charge in [-0.3, -0.25) is 0 Å². The number of ether oxygens (including phenoxy) is 1. The third kappa shape index (κ3) is 2.56. The van der Waals surface area contributed by atoms with Crippen molar-refractivity contribution in [2.24, 2.45) is 5.41 Å². The van der Waals surface area contributed by atoms with Crippen molar-refractivity contribution >= 4 is 31.9 Å². The van der Waals surface area contributed by atoms with Gasteiger partial charge in [-0.1, -0.05) is 31.9 Å². The standard InChI is InChI=1S/C12H14Br2O/c1-15-11-3-2-10(14)6-9(11)7-12(8-13)4-5-12/h2-3,6H,4-5,7-8H2,1H3. The number of methoxy groups -OCH3 is 1. The highest BCUT2D eigenvalue weighted by atomic mass is 79.9. The van der Waals surface area contributed by atoms with E-state index in [1.54, 1.807) is 7.11 Å². The summed E-state index contributed by atoms with van der Waals surface area (Å²) in [5.74, 6) is 1.01. The predicted octanol–water partition coefficient (Wildman–Crippen LogP) is 4.18. The maximum absolute atomic E-state index is 5.38. The van der Waals surface area contributed by atoms with Gasteiger partial charge in [-0.05, 0) is 48.4 Å². The van der Waals surface area contributed by atoms with Crippen LogP contribution in [-0.4, -0.2) is 12.4 Å². The molecule has 1 aliphatic rings. The maximum Gasteiger partial charge on any atom is 0.122 e. The molecule has 1 aromatic rings. The van der Waals surface area contributed by atoms with Crippen LogP contribution in [0.4, 0.5) is 0 Å². The predicted molar refractivity (Wildman–Crippen MR) is 69.9 cm³/mol. The van der Waals surface area contributed by atoms with Gasteiger partial charge in [0.1, 0.15) is 5.75 Å². The Bertz CT molecular complexity index is 359. The van der Waals surface area contributed by atoms with E-state index in [9.17, 15) is 0 Å². The van der Waals surface area contributed by atoms with Gasteiger partial charge in [-0.15, -0.1) is 0 Å². The fraction of sp³-hybridized carbons (Fsp3) is 0.500. The van der Waals surface area contributed by atoms with E-state index in [4.69, 9.17) is 4.74 Å². The molecule has 1 nitrogen and oxygen atoms in total. The van der Waals surface area contributed by atoms with E-state index in [0.717, 1.165) is 22.0 Å². The molecule has 0 bridgehead atoms. The number of benzene rings is 1. The molecule has 0 aromatic heterocycles. The molecule has 0 atom stereocenters. The molecule has 0 heterocycles. The first-order chi connectivity index (χ1) is 7.19. The third-order valence-electron chi connectivity index (χ3n) is 3.05. The molecule has 2 rings (SSSR count). The summed E-state index contributed by atoms with van der Waals surface area (Å²) < 4.78 is 6.51. The van der Waals surface area contributed by atoms with E-state index < -0.39 is 0 Å². The zero-order valence-electron chi connectivity index (χ0n) is 8.72. The topological polar surface area (TPSA) is 9.23 Å². The first kappa shape index (κ1) is 11.5. The largest absolute Gasteiger partial charge is 0.496 e. The number of hydrogen-bond acceptors (Lipinski definition) is 1. The Morgan fingerprint density at radius 2 is 2.13 bits per heavy atom. The molecule has 3 heteroatoms. The van der Waals surface area contributed by atoms with Crippen LogP contribution < -0.4 is 4.74 Å². The summed E-state index contributed by atoms with van der Waals surface area (Å²) in [7, 11) is 1.74. The molecule has 1 aliphatic carbocycles. The van der Waals surface area contributed by atoms with Crippen LogP contribution in [0.1, 0.15) is 18.4 Å². The number of alkyl halides is 1. The Morgan fingerprint density at radius 3 is 2.67 bits per heavy atom. The molecule has 0 saturated heterocycles. The fourth-order valence-corrected chi connectivity index (χ4v) is 2.99. The second-order valence-corrected chi connectivity index (χ2v) is 5.74. The highest BCUT2D eigenvalue weighted by Crippen LogP contribution is 2.50. The van der Waals surface area contributed by atoms with Gasteiger partial charge in [0, 0.05) is 9.80 Å². The highest BCUT2D eigenvalue weighted by Gasteiger charge is 2.41. The van der Waals surface area contributed by atoms with Crippen molar-refractivity contribution in [1.82, 2.24) is 0 Å². The lowest BCUT2D eigenvalue weighted by Crippen LogP contribution is -2.07. The highest BCUT2D eigenvalue weighted by molar-refractivity contribution is 9.10. The van der Waals surface area contributed by atoms with E-state index in [-0.39, 0.29) is 0 Å². The van der Waals surface area contributed by atoms with Gasteiger partial charge in [-0.25, -0.2) is 0 Å². The van der Waals surface area contributed by atoms with Crippen molar-refractivity contribution in [2.45, 2.75) is 19.3 Å². The van der Waals surface area contributed by atoms with Crippen LogP contribution in [0.2, 0.25) is 0 Å². The average Bonchev–Trinajstić information content (AvgIpc) is 2.99. The molecule has 0 amide bonds. The molecule has 1 fully saturated rings. The normalized spacial score (nSPS) is 17.5. The number of rotatable bonds is 4. The summed E-state index contributed by atoms with van der Waals surface area (Å²) in [5, 5.41) is 1.09. The van der Waals surface area contributed by atoms with E-state index in [2.05, 4.69) is 37.9 Å². The fourth-order valence-electron chi connectivity index (χ4n) is 1.82. The molecule has 15 heavy (non-hydrogen) atoms. The Balaban J connectivity index is 2.22. The Hall–Kier alpha value is -0.0200. The quantitative estimate of drug-likeness (QED) is 0.751. The summed E-state index contributed by atoms with van der Waals surface area (Å²) in [6, 6.07) is 6.22. The molecular formula is C12H14Br2O. The molecule has 0 unspecified atom stereocenters. The van der Waals surface area contributed by atoms with Gasteiger partial charge in [0.25, 0.3) is 0 Å². The molecule has 0 aliphatic heterocycles. The molecule has 1 aromatic carbocycles. The summed E-state index contributed by atoms with van der Waals surface area (Å²) in [6.45, 7) is 0. The molecule has 0 spiro atoms. The Labute approximate surface area is 107 Å². The smallest absolute Gasteiger partial charge is 0.122 e. The zero-order chi connectivity index (χ0) is 10.9. The average molecular weight is 334 g/mol. The van der Waals surface area contributed by atoms with Crippen molar-refractivity contribution < 1.29 is 4.74 Å². The van der Waals surface area contributed by atoms with Crippen LogP contribution >= 0.6 is 31.9 Å². The summed E-state index contributed by atoms with van der Waals surface area (Å²) in [5.41, 5.74) is 1.80. The summed E-state index contributed by atoms with van der Waals surface area (Å²) >= 11 is 7.11. The maximum atomic E-state index is 5.38. The Kier molecular flexibility index (Phi) is 3.41. The van der Waals surface area contributed by atoms with E-state index in [1.165, 1.54) is 18.4 Å². The zero-order valence-corrected chi connectivity index (χ0v) is 11.9. The van der Waals surface area contributed by atoms with Crippen molar-refractivity contribution in [3.8, 4) is 5.75 Å². The van der Waals surface area contributed by atoms with Crippen molar-refractivity contribution in [3.05, 3.63) is 28.2 Å². The molecular weight excluding hydrogens is 320 g/mol. The Morgan fingerprint density at radius 1 is 1.40 bits per heavy atom. The van der Waals surface area contributed by atoms with Crippen LogP contribution in [0.3, 0.4) is 0 Å². The molecule has 0 radical (unpaired) electrons. The summed E-state index contributed by atoms with van der Waals surface area (Å²) in [6.07, 6.45) is 3.77. The van der Waals surface area contributed by atoms with Gasteiger partial charge < -0.3 is 4.74 Å². The lowest BCUT2D eigenvalue weighted by atomic mass is 9.98. The summed E-state index contributed by atoms with van der Waals surface area (Å²) in [4.78, 5) is 0. The van der Waals surface area contributed by atoms with Gasteiger partial charge in [0.15, 0.2) is 0 Å². The lowest BCUT2D eigenvalue weighted by Gasteiger charge is -2.14. The third-order valence-corrected chi connectivity index (χ3v) is 4.73. The number of hydrogen-bond donors (Lipinski definition) is 0. The SMILES string of the molecule is COc1ccc(Br)cc1CC1(CBr)CC1. The van der Waals surface area contributed by atoms with E-state index in [1.807, 2.05) is 12.1 Å². The second kappa shape index (κ2) is 4.46. The molecule has 1 saturated carbocycles. The van der Waals surface area contributed by atoms with E-state index >= 15 is 0 Å². The minimum atomic E-state index is 0.494. The van der Waals surface area contributed by atoms with Crippen LogP contribution in [0, 0.1) is 5.41 Å². The molecule has 0 N–H and O–H groups in total. The van der Waals surface area contributed by atoms with Gasteiger partial charge in [0.2, 0.25) is 0 Å². The van der Waals surface area contributed by atoms with Gasteiger partial charge in [0.05, 0.1) is 7.11 Å². The minimum absolute atomic E-state index is 0.494. The van der Waals surface area contributed by atoms with Crippen LogP contribution in [0.5, 0.6) is 5.75 Å². The van der Waals surface area contributed by atoms with Crippen LogP contribution in [-0.2, 0) is 6.42 Å². The van der Waals surface area contributed by atoms with Crippen molar-refractivity contribution in [3.63, 3.8) is 0 Å². The van der Waals surface area contributed by atoms with Gasteiger partial charge >= 0.3 is 0 Å². The lowest BCUT2D eigenvalue weighted by molar-refractivity contribution is 0.404. The first-order valence-corrected chi connectivity index (χ1v) is 6.99. The van der Waals surface area contributed by atoms with Crippen LogP contribution in [0.25, 0.3) is 0 Å². The minimum Gasteiger partial charge on any atom is -0.496 e.